The van der Waals surface area contributed by atoms with E-state index in [1.165, 1.54) is 11.1 Å². The molecule has 1 aliphatic rings. The Bertz CT molecular complexity index is 936. The molecule has 1 aliphatic heterocycles. The van der Waals surface area contributed by atoms with E-state index >= 15 is 0 Å². The van der Waals surface area contributed by atoms with Gasteiger partial charge in [0.05, 0.1) is 6.61 Å². The summed E-state index contributed by atoms with van der Waals surface area (Å²) in [5.41, 5.74) is 3.22. The van der Waals surface area contributed by atoms with Crippen LogP contribution in [0, 0.1) is 12.3 Å². The molecule has 0 bridgehead atoms. The molecule has 0 amide bonds. The third kappa shape index (κ3) is 3.64. The summed E-state index contributed by atoms with van der Waals surface area (Å²) in [5, 5.41) is 19.1. The number of aliphatic hydroxyl groups is 1. The molecule has 6 heteroatoms. The van der Waals surface area contributed by atoms with Crippen molar-refractivity contribution < 1.29 is 5.11 Å². The molecule has 146 valence electrons. The molecule has 1 aromatic carbocycles. The van der Waals surface area contributed by atoms with Gasteiger partial charge in [-0.2, -0.15) is 0 Å². The first-order valence-corrected chi connectivity index (χ1v) is 9.82. The Balaban J connectivity index is 1.54. The third-order valence-corrected chi connectivity index (χ3v) is 5.85. The number of hydrogen-bond donors (Lipinski definition) is 1. The van der Waals surface area contributed by atoms with Crippen LogP contribution in [-0.2, 0) is 13.5 Å². The highest BCUT2D eigenvalue weighted by Gasteiger charge is 2.36. The van der Waals surface area contributed by atoms with E-state index < -0.39 is 0 Å². The van der Waals surface area contributed by atoms with E-state index in [9.17, 15) is 5.11 Å². The zero-order valence-corrected chi connectivity index (χ0v) is 16.5. The first kappa shape index (κ1) is 18.6. The normalized spacial score (nSPS) is 19.8. The number of benzene rings is 1. The molecular formula is C22H27N5O. The first-order valence-electron chi connectivity index (χ1n) is 9.82. The van der Waals surface area contributed by atoms with Gasteiger partial charge in [-0.15, -0.1) is 10.2 Å². The van der Waals surface area contributed by atoms with Crippen LogP contribution in [0.15, 0.2) is 48.8 Å². The summed E-state index contributed by atoms with van der Waals surface area (Å²) >= 11 is 0. The van der Waals surface area contributed by atoms with E-state index in [2.05, 4.69) is 51.3 Å². The monoisotopic (exact) mass is 377 g/mol. The van der Waals surface area contributed by atoms with Gasteiger partial charge in [0.1, 0.15) is 5.69 Å². The largest absolute Gasteiger partial charge is 0.396 e. The average molecular weight is 377 g/mol. The van der Waals surface area contributed by atoms with Crippen LogP contribution >= 0.6 is 0 Å². The van der Waals surface area contributed by atoms with E-state index in [-0.39, 0.29) is 12.0 Å². The summed E-state index contributed by atoms with van der Waals surface area (Å²) in [6.45, 7) is 4.04. The van der Waals surface area contributed by atoms with Gasteiger partial charge in [-0.05, 0) is 49.4 Å². The van der Waals surface area contributed by atoms with E-state index in [0.717, 1.165) is 49.7 Å². The third-order valence-electron chi connectivity index (χ3n) is 5.85. The summed E-state index contributed by atoms with van der Waals surface area (Å²) in [7, 11) is 1.95. The second-order valence-corrected chi connectivity index (χ2v) is 7.93. The van der Waals surface area contributed by atoms with Crippen LogP contribution in [0.1, 0.15) is 24.0 Å². The van der Waals surface area contributed by atoms with Gasteiger partial charge in [0.15, 0.2) is 11.6 Å². The molecule has 1 fully saturated rings. The van der Waals surface area contributed by atoms with Crippen molar-refractivity contribution >= 4 is 5.82 Å². The molecule has 1 atom stereocenters. The Morgan fingerprint density at radius 3 is 2.68 bits per heavy atom. The lowest BCUT2D eigenvalue weighted by Crippen LogP contribution is -2.47. The molecule has 1 saturated heterocycles. The Morgan fingerprint density at radius 1 is 1.14 bits per heavy atom. The van der Waals surface area contributed by atoms with E-state index in [1.54, 1.807) is 6.20 Å². The summed E-state index contributed by atoms with van der Waals surface area (Å²) in [6.07, 6.45) is 6.60. The van der Waals surface area contributed by atoms with Crippen LogP contribution in [0.25, 0.3) is 11.5 Å². The van der Waals surface area contributed by atoms with Crippen molar-refractivity contribution in [3.8, 4) is 11.5 Å². The number of aromatic nitrogens is 4. The maximum Gasteiger partial charge on any atom is 0.160 e. The fraction of sp³-hybridized carbons (Fsp3) is 0.409. The number of imidazole rings is 1. The minimum atomic E-state index is -0.148. The molecule has 3 heterocycles. The number of nitrogens with zero attached hydrogens (tertiary/aromatic N) is 5. The Kier molecular flexibility index (Phi) is 5.13. The van der Waals surface area contributed by atoms with Gasteiger partial charge in [0.2, 0.25) is 0 Å². The zero-order chi connectivity index (χ0) is 19.6. The second kappa shape index (κ2) is 7.72. The number of aliphatic hydroxyl groups excluding tert-OH is 1. The van der Waals surface area contributed by atoms with Crippen LogP contribution in [0.4, 0.5) is 5.82 Å². The molecule has 28 heavy (non-hydrogen) atoms. The predicted molar refractivity (Wildman–Crippen MR) is 110 cm³/mol. The fourth-order valence-electron chi connectivity index (χ4n) is 4.17. The van der Waals surface area contributed by atoms with Crippen molar-refractivity contribution in [1.29, 1.82) is 0 Å². The van der Waals surface area contributed by atoms with Gasteiger partial charge in [-0.3, -0.25) is 0 Å². The topological polar surface area (TPSA) is 67.1 Å². The number of hydrogen-bond acceptors (Lipinski definition) is 5. The number of anilines is 1. The standard InChI is InChI=1S/C22H27N5O/c1-17-6-3-4-7-18(17)14-22(16-28)10-5-12-27(15-22)20-9-8-19(24-25-20)21-23-11-13-26(21)2/h3-4,6-9,11,13,28H,5,10,12,14-16H2,1-2H3/t22-/m0/s1. The van der Waals surface area contributed by atoms with Crippen molar-refractivity contribution in [2.45, 2.75) is 26.2 Å². The smallest absolute Gasteiger partial charge is 0.160 e. The number of rotatable bonds is 5. The molecule has 2 aromatic heterocycles. The average Bonchev–Trinajstić information content (AvgIpc) is 3.16. The molecule has 0 radical (unpaired) electrons. The van der Waals surface area contributed by atoms with Crippen molar-refractivity contribution in [2.24, 2.45) is 12.5 Å². The Hall–Kier alpha value is -2.73. The molecule has 3 aromatic rings. The Morgan fingerprint density at radius 2 is 2.00 bits per heavy atom. The fourth-order valence-corrected chi connectivity index (χ4v) is 4.17. The van der Waals surface area contributed by atoms with Gasteiger partial charge in [-0.25, -0.2) is 4.98 Å². The number of piperidine rings is 1. The van der Waals surface area contributed by atoms with Crippen molar-refractivity contribution in [2.75, 3.05) is 24.6 Å². The molecule has 6 nitrogen and oxygen atoms in total. The second-order valence-electron chi connectivity index (χ2n) is 7.93. The minimum absolute atomic E-state index is 0.148. The highest BCUT2D eigenvalue weighted by atomic mass is 16.3. The lowest BCUT2D eigenvalue weighted by atomic mass is 9.75. The van der Waals surface area contributed by atoms with Gasteiger partial charge in [0.25, 0.3) is 0 Å². The zero-order valence-electron chi connectivity index (χ0n) is 16.5. The van der Waals surface area contributed by atoms with Crippen molar-refractivity contribution in [1.82, 2.24) is 19.7 Å². The minimum Gasteiger partial charge on any atom is -0.396 e. The lowest BCUT2D eigenvalue weighted by molar-refractivity contribution is 0.105. The van der Waals surface area contributed by atoms with Crippen LogP contribution in [0.2, 0.25) is 0 Å². The molecule has 4 rings (SSSR count). The number of aryl methyl sites for hydroxylation is 2. The maximum atomic E-state index is 10.3. The van der Waals surface area contributed by atoms with Crippen LogP contribution in [0.3, 0.4) is 0 Å². The van der Waals surface area contributed by atoms with Crippen LogP contribution in [0.5, 0.6) is 0 Å². The van der Waals surface area contributed by atoms with E-state index in [4.69, 9.17) is 0 Å². The Labute approximate surface area is 165 Å². The predicted octanol–water partition coefficient (Wildman–Crippen LogP) is 3.01. The quantitative estimate of drug-likeness (QED) is 0.740. The maximum absolute atomic E-state index is 10.3. The van der Waals surface area contributed by atoms with Gasteiger partial charge < -0.3 is 14.6 Å². The van der Waals surface area contributed by atoms with Crippen molar-refractivity contribution in [3.63, 3.8) is 0 Å². The van der Waals surface area contributed by atoms with Crippen molar-refractivity contribution in [3.05, 3.63) is 59.9 Å². The highest BCUT2D eigenvalue weighted by molar-refractivity contribution is 5.52. The summed E-state index contributed by atoms with van der Waals surface area (Å²) in [6, 6.07) is 12.4. The van der Waals surface area contributed by atoms with Crippen LogP contribution < -0.4 is 4.90 Å². The molecule has 0 spiro atoms. The lowest BCUT2D eigenvalue weighted by Gasteiger charge is -2.42. The van der Waals surface area contributed by atoms with E-state index in [0.29, 0.717) is 0 Å². The van der Waals surface area contributed by atoms with E-state index in [1.807, 2.05) is 29.9 Å². The summed E-state index contributed by atoms with van der Waals surface area (Å²) in [5.74, 6) is 1.67. The molecule has 0 unspecified atom stereocenters. The molecule has 0 saturated carbocycles. The van der Waals surface area contributed by atoms with Gasteiger partial charge in [0, 0.05) is 37.9 Å². The van der Waals surface area contributed by atoms with Gasteiger partial charge >= 0.3 is 0 Å². The summed E-state index contributed by atoms with van der Waals surface area (Å²) in [4.78, 5) is 6.59. The first-order chi connectivity index (χ1) is 13.6. The van der Waals surface area contributed by atoms with Crippen LogP contribution in [-0.4, -0.2) is 44.6 Å². The molecular weight excluding hydrogens is 350 g/mol. The molecule has 0 aliphatic carbocycles. The van der Waals surface area contributed by atoms with Gasteiger partial charge in [-0.1, -0.05) is 24.3 Å². The molecule has 1 N–H and O–H groups in total. The summed E-state index contributed by atoms with van der Waals surface area (Å²) < 4.78 is 1.93. The highest BCUT2D eigenvalue weighted by Crippen LogP contribution is 2.35. The SMILES string of the molecule is Cc1ccccc1C[C@@]1(CO)CCCN(c2ccc(-c3nccn3C)nn2)C1.